The molecule has 0 radical (unpaired) electrons. The van der Waals surface area contributed by atoms with E-state index in [-0.39, 0.29) is 12.0 Å². The number of hydrogen-bond acceptors (Lipinski definition) is 5. The average molecular weight is 213 g/mol. The molecule has 0 aliphatic carbocycles. The lowest BCUT2D eigenvalue weighted by atomic mass is 9.91. The molecule has 84 valence electrons. The number of fused-ring (bicyclic) bond motifs is 1. The molecule has 15 heavy (non-hydrogen) atoms. The summed E-state index contributed by atoms with van der Waals surface area (Å²) < 4.78 is 16.4. The Morgan fingerprint density at radius 3 is 2.60 bits per heavy atom. The number of ether oxygens (including phenoxy) is 3. The first-order chi connectivity index (χ1) is 6.94. The van der Waals surface area contributed by atoms with Crippen LogP contribution in [0.5, 0.6) is 0 Å². The van der Waals surface area contributed by atoms with Crippen LogP contribution in [0.2, 0.25) is 0 Å². The van der Waals surface area contributed by atoms with Gasteiger partial charge in [-0.1, -0.05) is 6.92 Å². The first-order valence-corrected chi connectivity index (χ1v) is 5.03. The fourth-order valence-corrected chi connectivity index (χ4v) is 2.02. The summed E-state index contributed by atoms with van der Waals surface area (Å²) in [4.78, 5) is 0. The van der Waals surface area contributed by atoms with Gasteiger partial charge in [-0.25, -0.2) is 0 Å². The summed E-state index contributed by atoms with van der Waals surface area (Å²) in [5.74, 6) is -0.886. The van der Waals surface area contributed by atoms with E-state index in [1.165, 1.54) is 0 Å². The highest BCUT2D eigenvalue weighted by Crippen LogP contribution is 2.38. The van der Waals surface area contributed by atoms with Crippen LogP contribution in [0.25, 0.3) is 0 Å². The molecule has 0 amide bonds. The van der Waals surface area contributed by atoms with Crippen molar-refractivity contribution >= 4 is 0 Å². The Morgan fingerprint density at radius 1 is 1.33 bits per heavy atom. The third kappa shape index (κ3) is 1.74. The molecule has 5 nitrogen and oxygen atoms in total. The van der Waals surface area contributed by atoms with E-state index in [1.54, 1.807) is 13.8 Å². The highest BCUT2D eigenvalue weighted by Gasteiger charge is 2.52. The SMILES string of the molecule is C[C@@H]1C2OC(C)(C)O[C@H]2OC(C#N)[C@@H]1O. The molecule has 0 spiro atoms. The Hall–Kier alpha value is -0.670. The Kier molecular flexibility index (Phi) is 2.47. The summed E-state index contributed by atoms with van der Waals surface area (Å²) in [5, 5.41) is 18.6. The Bertz CT molecular complexity index is 298. The van der Waals surface area contributed by atoms with Crippen LogP contribution in [0.4, 0.5) is 0 Å². The van der Waals surface area contributed by atoms with Crippen LogP contribution in [0.1, 0.15) is 20.8 Å². The van der Waals surface area contributed by atoms with Gasteiger partial charge in [0.2, 0.25) is 0 Å². The van der Waals surface area contributed by atoms with E-state index >= 15 is 0 Å². The molecule has 0 aromatic heterocycles. The topological polar surface area (TPSA) is 71.7 Å². The monoisotopic (exact) mass is 213 g/mol. The fraction of sp³-hybridized carbons (Fsp3) is 0.900. The molecular formula is C10H15NO4. The fourth-order valence-electron chi connectivity index (χ4n) is 2.02. The first kappa shape index (κ1) is 10.8. The van der Waals surface area contributed by atoms with Gasteiger partial charge >= 0.3 is 0 Å². The second-order valence-electron chi connectivity index (χ2n) is 4.50. The zero-order valence-corrected chi connectivity index (χ0v) is 9.01. The number of aliphatic hydroxyl groups is 1. The summed E-state index contributed by atoms with van der Waals surface area (Å²) in [6, 6.07) is 1.92. The first-order valence-electron chi connectivity index (χ1n) is 5.03. The van der Waals surface area contributed by atoms with E-state index in [4.69, 9.17) is 19.5 Å². The number of nitriles is 1. The van der Waals surface area contributed by atoms with Gasteiger partial charge in [0.15, 0.2) is 18.2 Å². The maximum absolute atomic E-state index is 9.77. The van der Waals surface area contributed by atoms with E-state index < -0.39 is 24.3 Å². The number of aliphatic hydroxyl groups excluding tert-OH is 1. The van der Waals surface area contributed by atoms with Crippen molar-refractivity contribution in [3.63, 3.8) is 0 Å². The van der Waals surface area contributed by atoms with E-state index in [9.17, 15) is 5.11 Å². The molecular weight excluding hydrogens is 198 g/mol. The lowest BCUT2D eigenvalue weighted by Crippen LogP contribution is -2.51. The summed E-state index contributed by atoms with van der Waals surface area (Å²) in [5.41, 5.74) is 0. The van der Waals surface area contributed by atoms with Gasteiger partial charge in [0.05, 0.1) is 12.2 Å². The maximum atomic E-state index is 9.77. The highest BCUT2D eigenvalue weighted by atomic mass is 16.8. The van der Waals surface area contributed by atoms with Crippen LogP contribution in [-0.2, 0) is 14.2 Å². The molecule has 0 bridgehead atoms. The predicted octanol–water partition coefficient (Wildman–Crippen LogP) is 0.383. The largest absolute Gasteiger partial charge is 0.389 e. The summed E-state index contributed by atoms with van der Waals surface area (Å²) in [6.07, 6.45) is -2.52. The minimum absolute atomic E-state index is 0.171. The molecule has 0 aromatic carbocycles. The molecule has 2 rings (SSSR count). The average Bonchev–Trinajstić information content (AvgIpc) is 2.47. The normalized spacial score (nSPS) is 48.3. The quantitative estimate of drug-likeness (QED) is 0.630. The molecule has 2 fully saturated rings. The number of rotatable bonds is 0. The van der Waals surface area contributed by atoms with Crippen molar-refractivity contribution in [2.45, 2.75) is 51.2 Å². The van der Waals surface area contributed by atoms with E-state index in [1.807, 2.05) is 13.0 Å². The van der Waals surface area contributed by atoms with Crippen molar-refractivity contribution in [3.05, 3.63) is 0 Å². The van der Waals surface area contributed by atoms with Crippen LogP contribution >= 0.6 is 0 Å². The Morgan fingerprint density at radius 2 is 2.00 bits per heavy atom. The molecule has 2 heterocycles. The van der Waals surface area contributed by atoms with Crippen LogP contribution < -0.4 is 0 Å². The molecule has 5 atom stereocenters. The second-order valence-corrected chi connectivity index (χ2v) is 4.50. The summed E-state index contributed by atoms with van der Waals surface area (Å²) in [7, 11) is 0. The van der Waals surface area contributed by atoms with Crippen LogP contribution in [0.15, 0.2) is 0 Å². The Labute approximate surface area is 88.5 Å². The van der Waals surface area contributed by atoms with Crippen LogP contribution in [-0.4, -0.2) is 35.5 Å². The number of nitrogens with zero attached hydrogens (tertiary/aromatic N) is 1. The summed E-state index contributed by atoms with van der Waals surface area (Å²) >= 11 is 0. The number of hydrogen-bond donors (Lipinski definition) is 1. The maximum Gasteiger partial charge on any atom is 0.189 e. The van der Waals surface area contributed by atoms with Gasteiger partial charge in [-0.15, -0.1) is 0 Å². The molecule has 1 N–H and O–H groups in total. The van der Waals surface area contributed by atoms with Gasteiger partial charge in [0, 0.05) is 5.92 Å². The lowest BCUT2D eigenvalue weighted by Gasteiger charge is -2.35. The molecule has 2 saturated heterocycles. The smallest absolute Gasteiger partial charge is 0.189 e. The van der Waals surface area contributed by atoms with Gasteiger partial charge in [0.25, 0.3) is 0 Å². The van der Waals surface area contributed by atoms with Gasteiger partial charge in [-0.2, -0.15) is 5.26 Å². The van der Waals surface area contributed by atoms with Crippen molar-refractivity contribution in [2.24, 2.45) is 5.92 Å². The van der Waals surface area contributed by atoms with E-state index in [0.29, 0.717) is 0 Å². The van der Waals surface area contributed by atoms with Crippen LogP contribution in [0, 0.1) is 17.2 Å². The lowest BCUT2D eigenvalue weighted by molar-refractivity contribution is -0.224. The van der Waals surface area contributed by atoms with E-state index in [0.717, 1.165) is 0 Å². The van der Waals surface area contributed by atoms with Gasteiger partial charge < -0.3 is 19.3 Å². The zero-order chi connectivity index (χ0) is 11.2. The molecule has 0 saturated carbocycles. The van der Waals surface area contributed by atoms with Crippen molar-refractivity contribution in [1.29, 1.82) is 5.26 Å². The van der Waals surface area contributed by atoms with Crippen molar-refractivity contribution in [2.75, 3.05) is 0 Å². The third-order valence-electron chi connectivity index (χ3n) is 2.86. The minimum Gasteiger partial charge on any atom is -0.389 e. The Balaban J connectivity index is 2.18. The molecule has 5 heteroatoms. The molecule has 2 aliphatic rings. The highest BCUT2D eigenvalue weighted by molar-refractivity contribution is 5.00. The van der Waals surface area contributed by atoms with E-state index in [2.05, 4.69) is 0 Å². The van der Waals surface area contributed by atoms with Crippen LogP contribution in [0.3, 0.4) is 0 Å². The zero-order valence-electron chi connectivity index (χ0n) is 9.01. The second kappa shape index (κ2) is 3.42. The summed E-state index contributed by atoms with van der Waals surface area (Å²) in [6.45, 7) is 5.41. The van der Waals surface area contributed by atoms with Crippen molar-refractivity contribution in [1.82, 2.24) is 0 Å². The molecule has 2 unspecified atom stereocenters. The predicted molar refractivity (Wildman–Crippen MR) is 49.5 cm³/mol. The third-order valence-corrected chi connectivity index (χ3v) is 2.86. The standard InChI is InChI=1S/C10H15NO4/c1-5-7(12)6(4-11)13-9-8(5)14-10(2,3)15-9/h5-9,12H,1-3H3/t5-,6?,7+,8?,9+/m0/s1. The molecule has 2 aliphatic heterocycles. The van der Waals surface area contributed by atoms with Gasteiger partial charge in [-0.3, -0.25) is 0 Å². The van der Waals surface area contributed by atoms with Gasteiger partial charge in [-0.05, 0) is 13.8 Å². The van der Waals surface area contributed by atoms with Gasteiger partial charge in [0.1, 0.15) is 6.10 Å². The minimum atomic E-state index is -0.834. The van der Waals surface area contributed by atoms with Crippen molar-refractivity contribution < 1.29 is 19.3 Å². The molecule has 0 aromatic rings. The van der Waals surface area contributed by atoms with Crippen molar-refractivity contribution in [3.8, 4) is 6.07 Å².